The van der Waals surface area contributed by atoms with Crippen molar-refractivity contribution in [2.75, 3.05) is 13.6 Å². The Labute approximate surface area is 97.4 Å². The zero-order valence-corrected chi connectivity index (χ0v) is 9.43. The Bertz CT molecular complexity index is 560. The second-order valence-corrected chi connectivity index (χ2v) is 3.84. The molecule has 0 bridgehead atoms. The van der Waals surface area contributed by atoms with Crippen LogP contribution in [0.4, 0.5) is 0 Å². The molecule has 17 heavy (non-hydrogen) atoms. The highest BCUT2D eigenvalue weighted by Gasteiger charge is 2.18. The molecule has 0 saturated heterocycles. The number of oxazole rings is 1. The van der Waals surface area contributed by atoms with E-state index in [-0.39, 0.29) is 12.6 Å². The van der Waals surface area contributed by atoms with Gasteiger partial charge in [0.05, 0.1) is 17.7 Å². The summed E-state index contributed by atoms with van der Waals surface area (Å²) in [6, 6.07) is 4.97. The van der Waals surface area contributed by atoms with Gasteiger partial charge >= 0.3 is 5.76 Å². The summed E-state index contributed by atoms with van der Waals surface area (Å²) in [5.41, 5.74) is 7.38. The maximum absolute atomic E-state index is 11.0. The van der Waals surface area contributed by atoms with Crippen LogP contribution >= 0.6 is 0 Å². The van der Waals surface area contributed by atoms with E-state index in [2.05, 4.69) is 10.3 Å². The van der Waals surface area contributed by atoms with E-state index in [9.17, 15) is 9.90 Å². The van der Waals surface area contributed by atoms with Gasteiger partial charge in [0.25, 0.3) is 0 Å². The molecule has 0 amide bonds. The number of aromatic amines is 1. The van der Waals surface area contributed by atoms with E-state index in [1.807, 2.05) is 0 Å². The van der Waals surface area contributed by atoms with Crippen LogP contribution < -0.4 is 16.8 Å². The lowest BCUT2D eigenvalue weighted by atomic mass is 10.0. The minimum absolute atomic E-state index is 0.158. The third kappa shape index (κ3) is 2.23. The number of H-pyrrole nitrogens is 1. The van der Waals surface area contributed by atoms with E-state index < -0.39 is 11.9 Å². The zero-order chi connectivity index (χ0) is 12.4. The average Bonchev–Trinajstić information content (AvgIpc) is 2.69. The van der Waals surface area contributed by atoms with Gasteiger partial charge in [0.1, 0.15) is 0 Å². The monoisotopic (exact) mass is 237 g/mol. The molecule has 6 nitrogen and oxygen atoms in total. The average molecular weight is 237 g/mol. The van der Waals surface area contributed by atoms with Crippen molar-refractivity contribution in [1.82, 2.24) is 10.3 Å². The number of aliphatic hydroxyl groups excluding tert-OH is 1. The molecule has 92 valence electrons. The van der Waals surface area contributed by atoms with E-state index in [0.29, 0.717) is 11.1 Å². The van der Waals surface area contributed by atoms with Gasteiger partial charge < -0.3 is 20.6 Å². The van der Waals surface area contributed by atoms with Gasteiger partial charge in [-0.25, -0.2) is 4.79 Å². The largest absolute Gasteiger partial charge is 0.417 e. The number of aliphatic hydroxyl groups is 1. The van der Waals surface area contributed by atoms with Crippen LogP contribution in [0.5, 0.6) is 0 Å². The molecule has 2 aromatic rings. The third-order valence-electron chi connectivity index (χ3n) is 2.74. The normalized spacial score (nSPS) is 15.0. The summed E-state index contributed by atoms with van der Waals surface area (Å²) in [7, 11) is 1.74. The van der Waals surface area contributed by atoms with Crippen molar-refractivity contribution in [1.29, 1.82) is 0 Å². The van der Waals surface area contributed by atoms with Crippen molar-refractivity contribution >= 4 is 11.1 Å². The topological polar surface area (TPSA) is 104 Å². The molecule has 2 atom stereocenters. The van der Waals surface area contributed by atoms with E-state index in [0.717, 1.165) is 5.56 Å². The molecule has 0 saturated carbocycles. The summed E-state index contributed by atoms with van der Waals surface area (Å²) in [5, 5.41) is 12.8. The van der Waals surface area contributed by atoms with Crippen molar-refractivity contribution in [3.8, 4) is 0 Å². The number of aromatic nitrogens is 1. The smallest absolute Gasteiger partial charge is 0.408 e. The van der Waals surface area contributed by atoms with Crippen LogP contribution in [0.3, 0.4) is 0 Å². The summed E-state index contributed by atoms with van der Waals surface area (Å²) in [6.45, 7) is 0.158. The Balaban J connectivity index is 2.43. The summed E-state index contributed by atoms with van der Waals surface area (Å²) in [6.07, 6.45) is -0.684. The zero-order valence-electron chi connectivity index (χ0n) is 9.43. The number of nitrogens with one attached hydrogen (secondary N) is 2. The molecule has 0 spiro atoms. The molecule has 0 aliphatic carbocycles. The molecule has 6 heteroatoms. The molecular weight excluding hydrogens is 222 g/mol. The molecule has 1 heterocycles. The van der Waals surface area contributed by atoms with E-state index >= 15 is 0 Å². The Kier molecular flexibility index (Phi) is 3.28. The SMILES string of the molecule is CNC(c1ccc2oc(=O)[nH]c2c1)C(O)CN. The molecule has 0 aliphatic heterocycles. The fourth-order valence-corrected chi connectivity index (χ4v) is 1.88. The maximum Gasteiger partial charge on any atom is 0.417 e. The van der Waals surface area contributed by atoms with Crippen LogP contribution in [0.15, 0.2) is 27.4 Å². The highest BCUT2D eigenvalue weighted by Crippen LogP contribution is 2.20. The van der Waals surface area contributed by atoms with Gasteiger partial charge in [-0.3, -0.25) is 4.98 Å². The predicted octanol–water partition coefficient (Wildman–Crippen LogP) is -0.299. The Morgan fingerprint density at radius 3 is 3.00 bits per heavy atom. The van der Waals surface area contributed by atoms with Gasteiger partial charge in [-0.15, -0.1) is 0 Å². The van der Waals surface area contributed by atoms with Gasteiger partial charge in [-0.2, -0.15) is 0 Å². The minimum atomic E-state index is -0.684. The summed E-state index contributed by atoms with van der Waals surface area (Å²) in [4.78, 5) is 13.6. The predicted molar refractivity (Wildman–Crippen MR) is 63.7 cm³/mol. The number of rotatable bonds is 4. The van der Waals surface area contributed by atoms with Crippen molar-refractivity contribution < 1.29 is 9.52 Å². The van der Waals surface area contributed by atoms with Crippen LogP contribution in [0.25, 0.3) is 11.1 Å². The summed E-state index contributed by atoms with van der Waals surface area (Å²) < 4.78 is 4.90. The summed E-state index contributed by atoms with van der Waals surface area (Å²) >= 11 is 0. The quantitative estimate of drug-likeness (QED) is 0.584. The molecule has 0 radical (unpaired) electrons. The van der Waals surface area contributed by atoms with Gasteiger partial charge in [0.15, 0.2) is 5.58 Å². The molecule has 1 aromatic carbocycles. The molecule has 0 aliphatic rings. The first kappa shape index (κ1) is 11.8. The van der Waals surface area contributed by atoms with Crippen LogP contribution in [-0.2, 0) is 0 Å². The van der Waals surface area contributed by atoms with E-state index in [4.69, 9.17) is 10.2 Å². The second-order valence-electron chi connectivity index (χ2n) is 3.84. The highest BCUT2D eigenvalue weighted by molar-refractivity contribution is 5.72. The first-order chi connectivity index (χ1) is 8.15. The lowest BCUT2D eigenvalue weighted by Crippen LogP contribution is -2.34. The molecule has 0 fully saturated rings. The second kappa shape index (κ2) is 4.70. The van der Waals surface area contributed by atoms with Gasteiger partial charge in [0.2, 0.25) is 0 Å². The first-order valence-electron chi connectivity index (χ1n) is 5.34. The van der Waals surface area contributed by atoms with Crippen molar-refractivity contribution in [2.45, 2.75) is 12.1 Å². The standard InChI is InChI=1S/C11H15N3O3/c1-13-10(8(15)5-12)6-2-3-9-7(4-6)14-11(16)17-9/h2-4,8,10,13,15H,5,12H2,1H3,(H,14,16). The van der Waals surface area contributed by atoms with E-state index in [1.165, 1.54) is 0 Å². The highest BCUT2D eigenvalue weighted by atomic mass is 16.4. The minimum Gasteiger partial charge on any atom is -0.408 e. The Hall–Kier alpha value is -1.63. The van der Waals surface area contributed by atoms with Gasteiger partial charge in [0, 0.05) is 6.54 Å². The third-order valence-corrected chi connectivity index (χ3v) is 2.74. The lowest BCUT2D eigenvalue weighted by Gasteiger charge is -2.21. The maximum atomic E-state index is 11.0. The molecule has 1 aromatic heterocycles. The number of likely N-dealkylation sites (N-methyl/N-ethyl adjacent to an activating group) is 1. The molecule has 5 N–H and O–H groups in total. The molecule has 2 rings (SSSR count). The van der Waals surface area contributed by atoms with Crippen molar-refractivity contribution in [3.63, 3.8) is 0 Å². The van der Waals surface area contributed by atoms with Gasteiger partial charge in [-0.05, 0) is 24.7 Å². The number of benzene rings is 1. The molecule has 2 unspecified atom stereocenters. The first-order valence-corrected chi connectivity index (χ1v) is 5.34. The Morgan fingerprint density at radius 1 is 1.59 bits per heavy atom. The van der Waals surface area contributed by atoms with Crippen LogP contribution in [0.1, 0.15) is 11.6 Å². The van der Waals surface area contributed by atoms with E-state index in [1.54, 1.807) is 25.2 Å². The summed E-state index contributed by atoms with van der Waals surface area (Å²) in [5.74, 6) is -0.488. The van der Waals surface area contributed by atoms with Crippen molar-refractivity contribution in [3.05, 3.63) is 34.3 Å². The number of hydrogen-bond donors (Lipinski definition) is 4. The fraction of sp³-hybridized carbons (Fsp3) is 0.364. The van der Waals surface area contributed by atoms with Crippen LogP contribution in [0.2, 0.25) is 0 Å². The van der Waals surface area contributed by atoms with Crippen LogP contribution in [-0.4, -0.2) is 29.8 Å². The van der Waals surface area contributed by atoms with Gasteiger partial charge in [-0.1, -0.05) is 6.07 Å². The number of fused-ring (bicyclic) bond motifs is 1. The van der Waals surface area contributed by atoms with Crippen molar-refractivity contribution in [2.24, 2.45) is 5.73 Å². The van der Waals surface area contributed by atoms with Crippen LogP contribution in [0, 0.1) is 0 Å². The number of hydrogen-bond acceptors (Lipinski definition) is 5. The number of nitrogens with two attached hydrogens (primary N) is 1. The molecular formula is C11H15N3O3. The lowest BCUT2D eigenvalue weighted by molar-refractivity contribution is 0.139. The fourth-order valence-electron chi connectivity index (χ4n) is 1.88. The Morgan fingerprint density at radius 2 is 2.35 bits per heavy atom.